The fraction of sp³-hybridized carbons (Fsp3) is 1.00. The smallest absolute Gasteiger partial charge is 0.237 e. The zero-order valence-electron chi connectivity index (χ0n) is 4.28. The molecule has 0 spiro atoms. The highest BCUT2D eigenvalue weighted by molar-refractivity contribution is 8.00. The van der Waals surface area contributed by atoms with Gasteiger partial charge in [-0.25, -0.2) is 17.6 Å². The minimum atomic E-state index is -3.45. The summed E-state index contributed by atoms with van der Waals surface area (Å²) in [5.74, 6) is -4.20. The van der Waals surface area contributed by atoms with Crippen LogP contribution in [0.3, 0.4) is 0 Å². The van der Waals surface area contributed by atoms with E-state index in [1.54, 1.807) is 0 Å². The lowest BCUT2D eigenvalue weighted by Gasteiger charge is -2.09. The monoisotopic (exact) mass is 160 g/mol. The van der Waals surface area contributed by atoms with E-state index in [1.165, 1.54) is 0 Å². The van der Waals surface area contributed by atoms with E-state index in [2.05, 4.69) is 0 Å². The van der Waals surface area contributed by atoms with E-state index in [1.807, 2.05) is 0 Å². The predicted octanol–water partition coefficient (Wildman–Crippen LogP) is 2.00. The van der Waals surface area contributed by atoms with Gasteiger partial charge in [0.25, 0.3) is 5.92 Å². The van der Waals surface area contributed by atoms with E-state index >= 15 is 0 Å². The second kappa shape index (κ2) is 2.04. The summed E-state index contributed by atoms with van der Waals surface area (Å²) < 4.78 is 47.8. The topological polar surface area (TPSA) is 0 Å². The van der Waals surface area contributed by atoms with Crippen LogP contribution in [0.2, 0.25) is 0 Å². The van der Waals surface area contributed by atoms with Gasteiger partial charge in [0.1, 0.15) is 0 Å². The molecule has 0 aromatic carbocycles. The molecule has 1 aliphatic rings. The molecule has 0 aliphatic carbocycles. The largest absolute Gasteiger partial charge is 0.291 e. The zero-order valence-corrected chi connectivity index (χ0v) is 5.10. The van der Waals surface area contributed by atoms with Crippen LogP contribution >= 0.6 is 11.8 Å². The van der Waals surface area contributed by atoms with E-state index < -0.39 is 23.4 Å². The molecule has 0 N–H and O–H groups in total. The molecule has 0 radical (unpaired) electrons. The standard InChI is InChI=1S/C4H4F4S/c5-2-3(6)9-1-4(2,7)8/h2-3H,1H2. The van der Waals surface area contributed by atoms with Crippen LogP contribution < -0.4 is 0 Å². The van der Waals surface area contributed by atoms with Crippen molar-refractivity contribution in [1.82, 2.24) is 0 Å². The Balaban J connectivity index is 2.62. The van der Waals surface area contributed by atoms with Crippen molar-refractivity contribution in [1.29, 1.82) is 0 Å². The lowest BCUT2D eigenvalue weighted by Crippen LogP contribution is -2.29. The zero-order chi connectivity index (χ0) is 7.07. The number of rotatable bonds is 0. The fourth-order valence-corrected chi connectivity index (χ4v) is 1.46. The van der Waals surface area contributed by atoms with Gasteiger partial charge in [0.05, 0.1) is 5.75 Å². The van der Waals surface area contributed by atoms with Crippen LogP contribution in [-0.4, -0.2) is 23.4 Å². The molecule has 54 valence electrons. The molecule has 9 heavy (non-hydrogen) atoms. The van der Waals surface area contributed by atoms with Crippen molar-refractivity contribution in [3.63, 3.8) is 0 Å². The molecule has 2 unspecified atom stereocenters. The van der Waals surface area contributed by atoms with Crippen LogP contribution in [0.5, 0.6) is 0 Å². The lowest BCUT2D eigenvalue weighted by atomic mass is 10.3. The van der Waals surface area contributed by atoms with E-state index in [4.69, 9.17) is 0 Å². The van der Waals surface area contributed by atoms with Gasteiger partial charge in [-0.15, -0.1) is 11.8 Å². The van der Waals surface area contributed by atoms with Crippen molar-refractivity contribution in [3.05, 3.63) is 0 Å². The van der Waals surface area contributed by atoms with E-state index in [0.717, 1.165) is 0 Å². The Kier molecular flexibility index (Phi) is 1.63. The van der Waals surface area contributed by atoms with Crippen LogP contribution in [0.15, 0.2) is 0 Å². The Morgan fingerprint density at radius 1 is 1.33 bits per heavy atom. The summed E-state index contributed by atoms with van der Waals surface area (Å²) in [6.45, 7) is 0. The van der Waals surface area contributed by atoms with Crippen LogP contribution in [0.1, 0.15) is 0 Å². The minimum absolute atomic E-state index is 0.321. The van der Waals surface area contributed by atoms with Gasteiger partial charge in [0.15, 0.2) is 5.50 Å². The van der Waals surface area contributed by atoms with Crippen LogP contribution in [0, 0.1) is 0 Å². The molecule has 1 saturated heterocycles. The molecule has 0 bridgehead atoms. The summed E-state index contributed by atoms with van der Waals surface area (Å²) in [5, 5.41) is 0. The van der Waals surface area contributed by atoms with Gasteiger partial charge >= 0.3 is 0 Å². The summed E-state index contributed by atoms with van der Waals surface area (Å²) in [6, 6.07) is 0. The lowest BCUT2D eigenvalue weighted by molar-refractivity contribution is -0.0539. The van der Waals surface area contributed by atoms with Crippen LogP contribution in [0.25, 0.3) is 0 Å². The molecule has 1 rings (SSSR count). The first-order valence-corrected chi connectivity index (χ1v) is 3.36. The van der Waals surface area contributed by atoms with E-state index in [-0.39, 0.29) is 0 Å². The molecule has 2 atom stereocenters. The first-order chi connectivity index (χ1) is 4.04. The van der Waals surface area contributed by atoms with Gasteiger partial charge in [-0.05, 0) is 0 Å². The Labute approximate surface area is 53.6 Å². The third-order valence-corrected chi connectivity index (χ3v) is 2.18. The second-order valence-corrected chi connectivity index (χ2v) is 2.90. The quantitative estimate of drug-likeness (QED) is 0.488. The van der Waals surface area contributed by atoms with Crippen molar-refractivity contribution in [3.8, 4) is 0 Å². The Morgan fingerprint density at radius 2 is 1.89 bits per heavy atom. The highest BCUT2D eigenvalue weighted by atomic mass is 32.2. The number of halogens is 4. The van der Waals surface area contributed by atoms with Crippen molar-refractivity contribution < 1.29 is 17.6 Å². The molecule has 1 heterocycles. The summed E-state index contributed by atoms with van der Waals surface area (Å²) in [5.41, 5.74) is -2.04. The normalized spacial score (nSPS) is 41.3. The maximum absolute atomic E-state index is 12.0. The average molecular weight is 160 g/mol. The van der Waals surface area contributed by atoms with Gasteiger partial charge in [-0.3, -0.25) is 0 Å². The summed E-state index contributed by atoms with van der Waals surface area (Å²) >= 11 is 0.321. The molecule has 0 saturated carbocycles. The van der Waals surface area contributed by atoms with Crippen LogP contribution in [0.4, 0.5) is 17.6 Å². The van der Waals surface area contributed by atoms with E-state index in [9.17, 15) is 17.6 Å². The third kappa shape index (κ3) is 1.15. The summed E-state index contributed by atoms with van der Waals surface area (Å²) in [7, 11) is 0. The molecular weight excluding hydrogens is 156 g/mol. The molecule has 5 heteroatoms. The van der Waals surface area contributed by atoms with Crippen molar-refractivity contribution in [2.45, 2.75) is 17.6 Å². The Morgan fingerprint density at radius 3 is 2.00 bits per heavy atom. The maximum Gasteiger partial charge on any atom is 0.291 e. The van der Waals surface area contributed by atoms with Crippen LogP contribution in [-0.2, 0) is 0 Å². The first-order valence-electron chi connectivity index (χ1n) is 2.31. The van der Waals surface area contributed by atoms with E-state index in [0.29, 0.717) is 11.8 Å². The van der Waals surface area contributed by atoms with Gasteiger partial charge in [0.2, 0.25) is 6.17 Å². The highest BCUT2D eigenvalue weighted by Crippen LogP contribution is 2.41. The molecule has 0 aromatic rings. The first kappa shape index (κ1) is 7.18. The maximum atomic E-state index is 12.0. The number of thioether (sulfide) groups is 1. The molecule has 0 amide bonds. The minimum Gasteiger partial charge on any atom is -0.237 e. The predicted molar refractivity (Wildman–Crippen MR) is 27.2 cm³/mol. The van der Waals surface area contributed by atoms with Gasteiger partial charge in [-0.2, -0.15) is 0 Å². The SMILES string of the molecule is FC1SCC(F)(F)C1F. The number of alkyl halides is 4. The second-order valence-electron chi connectivity index (χ2n) is 1.82. The van der Waals surface area contributed by atoms with Gasteiger partial charge in [0, 0.05) is 0 Å². The molecule has 1 fully saturated rings. The molecule has 0 nitrogen and oxygen atoms in total. The van der Waals surface area contributed by atoms with Gasteiger partial charge < -0.3 is 0 Å². The Bertz CT molecular complexity index is 115. The average Bonchev–Trinajstić information content (AvgIpc) is 1.97. The fourth-order valence-electron chi connectivity index (χ4n) is 0.547. The number of hydrogen-bond donors (Lipinski definition) is 0. The molecular formula is C4H4F4S. The number of hydrogen-bond acceptors (Lipinski definition) is 1. The summed E-state index contributed by atoms with van der Waals surface area (Å²) in [4.78, 5) is 0. The third-order valence-electron chi connectivity index (χ3n) is 1.07. The highest BCUT2D eigenvalue weighted by Gasteiger charge is 2.52. The van der Waals surface area contributed by atoms with Crippen molar-refractivity contribution in [2.75, 3.05) is 5.75 Å². The Hall–Kier alpha value is 0.0700. The molecule has 1 aliphatic heterocycles. The summed E-state index contributed by atoms with van der Waals surface area (Å²) in [6.07, 6.45) is -2.61. The van der Waals surface area contributed by atoms with Crippen molar-refractivity contribution in [2.24, 2.45) is 0 Å². The molecule has 0 aromatic heterocycles. The van der Waals surface area contributed by atoms with Crippen molar-refractivity contribution >= 4 is 11.8 Å². The van der Waals surface area contributed by atoms with Gasteiger partial charge in [-0.1, -0.05) is 0 Å².